The van der Waals surface area contributed by atoms with Gasteiger partial charge in [0.15, 0.2) is 0 Å². The predicted molar refractivity (Wildman–Crippen MR) is 90.4 cm³/mol. The molecule has 1 fully saturated rings. The molecule has 3 nitrogen and oxygen atoms in total. The zero-order chi connectivity index (χ0) is 16.2. The maximum Gasteiger partial charge on any atom is 0.389 e. The number of benzene rings is 1. The minimum atomic E-state index is -4.13. The van der Waals surface area contributed by atoms with Crippen LogP contribution in [0.25, 0.3) is 0 Å². The van der Waals surface area contributed by atoms with Crippen LogP contribution in [0.3, 0.4) is 0 Å². The van der Waals surface area contributed by atoms with Gasteiger partial charge in [-0.3, -0.25) is 4.90 Å². The molecule has 1 heterocycles. The number of nitrogens with zero attached hydrogens (tertiary/aromatic N) is 1. The van der Waals surface area contributed by atoms with Gasteiger partial charge in [0.1, 0.15) is 5.75 Å². The van der Waals surface area contributed by atoms with Crippen molar-refractivity contribution < 1.29 is 17.9 Å². The van der Waals surface area contributed by atoms with Crippen molar-refractivity contribution in [1.82, 2.24) is 10.2 Å². The third kappa shape index (κ3) is 6.14. The highest BCUT2D eigenvalue weighted by Gasteiger charge is 2.31. The first-order valence-electron chi connectivity index (χ1n) is 7.25. The Morgan fingerprint density at radius 2 is 1.96 bits per heavy atom. The summed E-state index contributed by atoms with van der Waals surface area (Å²) in [6.07, 6.45) is -4.83. The summed E-state index contributed by atoms with van der Waals surface area (Å²) in [5.41, 5.74) is 0.888. The van der Waals surface area contributed by atoms with Gasteiger partial charge < -0.3 is 10.1 Å². The molecule has 1 aliphatic rings. The molecule has 0 spiro atoms. The van der Waals surface area contributed by atoms with Crippen LogP contribution in [0.2, 0.25) is 0 Å². The van der Waals surface area contributed by atoms with E-state index in [0.29, 0.717) is 5.75 Å². The predicted octanol–water partition coefficient (Wildman–Crippen LogP) is 4.17. The Morgan fingerprint density at radius 1 is 1.30 bits per heavy atom. The Balaban J connectivity index is 0.00000264. The number of hydrogen-bond acceptors (Lipinski definition) is 3. The van der Waals surface area contributed by atoms with Gasteiger partial charge in [-0.15, -0.1) is 12.4 Å². The van der Waals surface area contributed by atoms with Crippen molar-refractivity contribution in [1.29, 1.82) is 0 Å². The van der Waals surface area contributed by atoms with E-state index in [-0.39, 0.29) is 24.9 Å². The molecule has 0 amide bonds. The highest BCUT2D eigenvalue weighted by molar-refractivity contribution is 9.10. The monoisotopic (exact) mass is 416 g/mol. The van der Waals surface area contributed by atoms with Crippen molar-refractivity contribution in [2.75, 3.05) is 33.3 Å². The number of hydrogen-bond donors (Lipinski definition) is 1. The van der Waals surface area contributed by atoms with Gasteiger partial charge in [-0.1, -0.05) is 6.07 Å². The molecule has 1 saturated heterocycles. The number of halogens is 5. The van der Waals surface area contributed by atoms with Crippen molar-refractivity contribution >= 4 is 28.3 Å². The fourth-order valence-corrected chi connectivity index (χ4v) is 3.30. The van der Waals surface area contributed by atoms with Gasteiger partial charge in [0.05, 0.1) is 11.6 Å². The van der Waals surface area contributed by atoms with Crippen LogP contribution in [-0.4, -0.2) is 44.4 Å². The highest BCUT2D eigenvalue weighted by Crippen LogP contribution is 2.35. The average Bonchev–Trinajstić information content (AvgIpc) is 2.47. The average molecular weight is 418 g/mol. The molecule has 1 atom stereocenters. The molecule has 1 aromatic carbocycles. The van der Waals surface area contributed by atoms with E-state index in [2.05, 4.69) is 26.1 Å². The molecule has 0 saturated carbocycles. The minimum Gasteiger partial charge on any atom is -0.496 e. The van der Waals surface area contributed by atoms with Gasteiger partial charge >= 0.3 is 6.18 Å². The number of rotatable bonds is 5. The molecule has 132 valence electrons. The molecule has 8 heteroatoms. The van der Waals surface area contributed by atoms with Crippen LogP contribution in [0, 0.1) is 0 Å². The fourth-order valence-electron chi connectivity index (χ4n) is 2.74. The Hall–Kier alpha value is -0.500. The van der Waals surface area contributed by atoms with Crippen LogP contribution < -0.4 is 10.1 Å². The van der Waals surface area contributed by atoms with Crippen LogP contribution >= 0.6 is 28.3 Å². The van der Waals surface area contributed by atoms with E-state index in [4.69, 9.17) is 4.74 Å². The first-order chi connectivity index (χ1) is 10.4. The Bertz CT molecular complexity index is 496. The van der Waals surface area contributed by atoms with Gasteiger partial charge in [-0.05, 0) is 40.0 Å². The quantitative estimate of drug-likeness (QED) is 0.778. The second kappa shape index (κ2) is 9.11. The van der Waals surface area contributed by atoms with E-state index in [9.17, 15) is 13.2 Å². The van der Waals surface area contributed by atoms with E-state index < -0.39 is 12.6 Å². The van der Waals surface area contributed by atoms with Crippen molar-refractivity contribution in [2.24, 2.45) is 0 Å². The maximum absolute atomic E-state index is 12.6. The third-order valence-electron chi connectivity index (χ3n) is 3.85. The molecule has 1 aromatic rings. The summed E-state index contributed by atoms with van der Waals surface area (Å²) in [6.45, 7) is 3.12. The number of piperazine rings is 1. The SMILES string of the molecule is COc1ccc([C@@H](CCC(F)(F)F)N2CCNCC2)cc1Br.Cl. The lowest BCUT2D eigenvalue weighted by atomic mass is 9.99. The summed E-state index contributed by atoms with van der Waals surface area (Å²) in [6, 6.07) is 5.28. The summed E-state index contributed by atoms with van der Waals surface area (Å²) in [5.74, 6) is 0.679. The van der Waals surface area contributed by atoms with E-state index in [1.807, 2.05) is 12.1 Å². The summed E-state index contributed by atoms with van der Waals surface area (Å²) < 4.78 is 43.9. The molecule has 0 aromatic heterocycles. The normalized spacial score (nSPS) is 17.4. The minimum absolute atomic E-state index is 0. The molecule has 1 aliphatic heterocycles. The van der Waals surface area contributed by atoms with E-state index in [1.54, 1.807) is 13.2 Å². The second-order valence-electron chi connectivity index (χ2n) is 5.35. The number of alkyl halides is 3. The number of nitrogens with one attached hydrogen (secondary N) is 1. The molecule has 0 unspecified atom stereocenters. The smallest absolute Gasteiger partial charge is 0.389 e. The van der Waals surface area contributed by atoms with Crippen LogP contribution in [0.5, 0.6) is 5.75 Å². The van der Waals surface area contributed by atoms with Gasteiger partial charge in [-0.25, -0.2) is 0 Å². The van der Waals surface area contributed by atoms with E-state index in [0.717, 1.165) is 36.2 Å². The molecular formula is C15H21BrClF3N2O. The first kappa shape index (κ1) is 20.5. The molecule has 0 bridgehead atoms. The lowest BCUT2D eigenvalue weighted by Gasteiger charge is -2.35. The Labute approximate surface area is 149 Å². The number of methoxy groups -OCH3 is 1. The summed E-state index contributed by atoms with van der Waals surface area (Å²) >= 11 is 3.41. The van der Waals surface area contributed by atoms with Crippen molar-refractivity contribution in [3.05, 3.63) is 28.2 Å². The topological polar surface area (TPSA) is 24.5 Å². The van der Waals surface area contributed by atoms with Crippen molar-refractivity contribution in [2.45, 2.75) is 25.1 Å². The van der Waals surface area contributed by atoms with E-state index in [1.165, 1.54) is 0 Å². The molecule has 0 aliphatic carbocycles. The molecule has 0 radical (unpaired) electrons. The Morgan fingerprint density at radius 3 is 2.48 bits per heavy atom. The van der Waals surface area contributed by atoms with Crippen LogP contribution in [0.1, 0.15) is 24.4 Å². The molecule has 2 rings (SSSR count). The fraction of sp³-hybridized carbons (Fsp3) is 0.600. The highest BCUT2D eigenvalue weighted by atomic mass is 79.9. The lowest BCUT2D eigenvalue weighted by molar-refractivity contribution is -0.138. The summed E-state index contributed by atoms with van der Waals surface area (Å²) in [4.78, 5) is 2.12. The summed E-state index contributed by atoms with van der Waals surface area (Å²) in [5, 5.41) is 3.23. The van der Waals surface area contributed by atoms with Crippen LogP contribution in [0.15, 0.2) is 22.7 Å². The molecular weight excluding hydrogens is 397 g/mol. The van der Waals surface area contributed by atoms with Crippen molar-refractivity contribution in [3.8, 4) is 5.75 Å². The number of ether oxygens (including phenoxy) is 1. The maximum atomic E-state index is 12.6. The largest absolute Gasteiger partial charge is 0.496 e. The Kier molecular flexibility index (Phi) is 8.13. The standard InChI is InChI=1S/C15H20BrF3N2O.ClH/c1-22-14-3-2-11(10-12(14)16)13(4-5-15(17,18)19)21-8-6-20-7-9-21;/h2-3,10,13,20H,4-9H2,1H3;1H/t13-;/m1./s1. The zero-order valence-electron chi connectivity index (χ0n) is 12.8. The lowest BCUT2D eigenvalue weighted by Crippen LogP contribution is -2.45. The second-order valence-corrected chi connectivity index (χ2v) is 6.20. The van der Waals surface area contributed by atoms with E-state index >= 15 is 0 Å². The summed E-state index contributed by atoms with van der Waals surface area (Å²) in [7, 11) is 1.57. The zero-order valence-corrected chi connectivity index (χ0v) is 15.2. The van der Waals surface area contributed by atoms with Crippen LogP contribution in [-0.2, 0) is 0 Å². The molecule has 23 heavy (non-hydrogen) atoms. The van der Waals surface area contributed by atoms with Gasteiger partial charge in [0, 0.05) is 38.6 Å². The van der Waals surface area contributed by atoms with Gasteiger partial charge in [-0.2, -0.15) is 13.2 Å². The molecule has 1 N–H and O–H groups in total. The van der Waals surface area contributed by atoms with Crippen LogP contribution in [0.4, 0.5) is 13.2 Å². The van der Waals surface area contributed by atoms with Gasteiger partial charge in [0.25, 0.3) is 0 Å². The van der Waals surface area contributed by atoms with Crippen molar-refractivity contribution in [3.63, 3.8) is 0 Å². The first-order valence-corrected chi connectivity index (χ1v) is 8.05. The third-order valence-corrected chi connectivity index (χ3v) is 4.47. The van der Waals surface area contributed by atoms with Gasteiger partial charge in [0.2, 0.25) is 0 Å².